The zero-order valence-electron chi connectivity index (χ0n) is 14.1. The molecule has 0 saturated carbocycles. The lowest BCUT2D eigenvalue weighted by Gasteiger charge is -2.12. The zero-order chi connectivity index (χ0) is 18.5. The van der Waals surface area contributed by atoms with Gasteiger partial charge in [-0.3, -0.25) is 4.79 Å². The number of nitrogens with one attached hydrogen (secondary N) is 1. The quantitative estimate of drug-likeness (QED) is 0.624. The molecule has 1 aromatic heterocycles. The molecule has 26 heavy (non-hydrogen) atoms. The highest BCUT2D eigenvalue weighted by molar-refractivity contribution is 8.00. The van der Waals surface area contributed by atoms with Gasteiger partial charge in [-0.25, -0.2) is 0 Å². The Bertz CT molecular complexity index is 916. The monoisotopic (exact) mass is 389 g/mol. The van der Waals surface area contributed by atoms with Crippen LogP contribution in [0.5, 0.6) is 5.75 Å². The number of hydrogen-bond acceptors (Lipinski definition) is 6. The van der Waals surface area contributed by atoms with Gasteiger partial charge < -0.3 is 14.5 Å². The van der Waals surface area contributed by atoms with Crippen LogP contribution in [0, 0.1) is 0 Å². The van der Waals surface area contributed by atoms with Gasteiger partial charge in [0.05, 0.1) is 18.0 Å². The molecule has 0 unspecified atom stereocenters. The molecule has 0 spiro atoms. The molecule has 6 nitrogen and oxygen atoms in total. The van der Waals surface area contributed by atoms with Crippen molar-refractivity contribution in [1.82, 2.24) is 10.2 Å². The molecule has 1 amide bonds. The van der Waals surface area contributed by atoms with E-state index in [1.807, 2.05) is 18.2 Å². The smallest absolute Gasteiger partial charge is 0.277 e. The highest BCUT2D eigenvalue weighted by atomic mass is 35.5. The van der Waals surface area contributed by atoms with E-state index in [9.17, 15) is 4.79 Å². The summed E-state index contributed by atoms with van der Waals surface area (Å²) in [6, 6.07) is 14.3. The summed E-state index contributed by atoms with van der Waals surface area (Å²) in [5.41, 5.74) is 1.33. The lowest BCUT2D eigenvalue weighted by Crippen LogP contribution is -2.22. The molecule has 2 aromatic carbocycles. The van der Waals surface area contributed by atoms with Crippen LogP contribution in [0.1, 0.15) is 6.92 Å². The third-order valence-electron chi connectivity index (χ3n) is 3.49. The fourth-order valence-electron chi connectivity index (χ4n) is 2.18. The van der Waals surface area contributed by atoms with Gasteiger partial charge in [0.1, 0.15) is 5.75 Å². The number of anilines is 1. The van der Waals surface area contributed by atoms with Crippen molar-refractivity contribution >= 4 is 35.0 Å². The van der Waals surface area contributed by atoms with Gasteiger partial charge in [-0.1, -0.05) is 41.6 Å². The van der Waals surface area contributed by atoms with E-state index >= 15 is 0 Å². The zero-order valence-corrected chi connectivity index (χ0v) is 15.7. The molecule has 0 saturated heterocycles. The molecule has 134 valence electrons. The maximum absolute atomic E-state index is 12.4. The minimum atomic E-state index is -0.437. The van der Waals surface area contributed by atoms with E-state index < -0.39 is 5.25 Å². The Morgan fingerprint density at radius 1 is 1.23 bits per heavy atom. The first-order chi connectivity index (χ1) is 12.6. The molecule has 0 aliphatic carbocycles. The average molecular weight is 390 g/mol. The molecule has 1 atom stereocenters. The van der Waals surface area contributed by atoms with Crippen LogP contribution in [0.2, 0.25) is 5.02 Å². The topological polar surface area (TPSA) is 77.2 Å². The summed E-state index contributed by atoms with van der Waals surface area (Å²) in [5, 5.41) is 11.3. The summed E-state index contributed by atoms with van der Waals surface area (Å²) in [4.78, 5) is 12.4. The molecule has 8 heteroatoms. The predicted octanol–water partition coefficient (Wildman–Crippen LogP) is 4.52. The summed E-state index contributed by atoms with van der Waals surface area (Å²) in [6.45, 7) is 1.76. The van der Waals surface area contributed by atoms with Crippen LogP contribution in [0.25, 0.3) is 11.5 Å². The Hall–Kier alpha value is -2.51. The number of nitrogens with zero attached hydrogens (tertiary/aromatic N) is 2. The number of rotatable bonds is 6. The van der Waals surface area contributed by atoms with Crippen LogP contribution in [0.3, 0.4) is 0 Å². The van der Waals surface area contributed by atoms with Gasteiger partial charge >= 0.3 is 0 Å². The molecule has 0 aliphatic heterocycles. The standard InChI is InChI=1S/C18H16ClN3O3S/c1-11(16(23)20-14-8-3-4-9-15(14)24-2)26-18-22-21-17(25-18)12-6-5-7-13(19)10-12/h3-11H,1-2H3,(H,20,23)/t11-/m1/s1. The summed E-state index contributed by atoms with van der Waals surface area (Å²) in [6.07, 6.45) is 0. The summed E-state index contributed by atoms with van der Waals surface area (Å²) < 4.78 is 10.9. The molecule has 0 aliphatic rings. The van der Waals surface area contributed by atoms with Crippen molar-refractivity contribution in [2.24, 2.45) is 0 Å². The first-order valence-corrected chi connectivity index (χ1v) is 9.02. The molecule has 1 heterocycles. The Kier molecular flexibility index (Phi) is 5.80. The van der Waals surface area contributed by atoms with Crippen molar-refractivity contribution in [3.8, 4) is 17.2 Å². The van der Waals surface area contributed by atoms with E-state index in [-0.39, 0.29) is 5.91 Å². The highest BCUT2D eigenvalue weighted by Gasteiger charge is 2.20. The van der Waals surface area contributed by atoms with Crippen molar-refractivity contribution in [3.63, 3.8) is 0 Å². The number of carbonyl (C=O) groups is 1. The second-order valence-electron chi connectivity index (χ2n) is 5.33. The number of carbonyl (C=O) groups excluding carboxylic acids is 1. The van der Waals surface area contributed by atoms with Gasteiger partial charge in [0.2, 0.25) is 11.8 Å². The Balaban J connectivity index is 1.66. The van der Waals surface area contributed by atoms with Gasteiger partial charge in [0, 0.05) is 10.6 Å². The first-order valence-electron chi connectivity index (χ1n) is 7.77. The molecule has 1 N–H and O–H groups in total. The number of benzene rings is 2. The fraction of sp³-hybridized carbons (Fsp3) is 0.167. The average Bonchev–Trinajstić information content (AvgIpc) is 3.10. The van der Waals surface area contributed by atoms with Gasteiger partial charge in [0.15, 0.2) is 0 Å². The number of aromatic nitrogens is 2. The number of hydrogen-bond donors (Lipinski definition) is 1. The molecule has 3 aromatic rings. The van der Waals surface area contributed by atoms with E-state index in [2.05, 4.69) is 15.5 Å². The van der Waals surface area contributed by atoms with E-state index in [0.29, 0.717) is 27.6 Å². The van der Waals surface area contributed by atoms with E-state index in [1.54, 1.807) is 44.4 Å². The summed E-state index contributed by atoms with van der Waals surface area (Å²) in [5.74, 6) is 0.758. The predicted molar refractivity (Wildman–Crippen MR) is 102 cm³/mol. The van der Waals surface area contributed by atoms with Crippen molar-refractivity contribution < 1.29 is 13.9 Å². The second kappa shape index (κ2) is 8.25. The Morgan fingerprint density at radius 2 is 2.04 bits per heavy atom. The summed E-state index contributed by atoms with van der Waals surface area (Å²) >= 11 is 7.15. The van der Waals surface area contributed by atoms with Crippen molar-refractivity contribution in [2.75, 3.05) is 12.4 Å². The van der Waals surface area contributed by atoms with Crippen LogP contribution < -0.4 is 10.1 Å². The SMILES string of the molecule is COc1ccccc1NC(=O)[C@@H](C)Sc1nnc(-c2cccc(Cl)c2)o1. The van der Waals surface area contributed by atoms with Crippen LogP contribution in [0.15, 0.2) is 58.2 Å². The van der Waals surface area contributed by atoms with Crippen LogP contribution in [-0.4, -0.2) is 28.5 Å². The number of para-hydroxylation sites is 2. The van der Waals surface area contributed by atoms with Crippen LogP contribution in [-0.2, 0) is 4.79 Å². The van der Waals surface area contributed by atoms with Crippen LogP contribution in [0.4, 0.5) is 5.69 Å². The number of thioether (sulfide) groups is 1. The van der Waals surface area contributed by atoms with Gasteiger partial charge in [-0.2, -0.15) is 0 Å². The highest BCUT2D eigenvalue weighted by Crippen LogP contribution is 2.29. The third-order valence-corrected chi connectivity index (χ3v) is 4.66. The maximum Gasteiger partial charge on any atom is 0.277 e. The lowest BCUT2D eigenvalue weighted by atomic mass is 10.2. The van der Waals surface area contributed by atoms with E-state index in [4.69, 9.17) is 20.8 Å². The second-order valence-corrected chi connectivity index (χ2v) is 7.06. The summed E-state index contributed by atoms with van der Waals surface area (Å²) in [7, 11) is 1.55. The Labute approximate surface area is 159 Å². The molecule has 0 radical (unpaired) electrons. The van der Waals surface area contributed by atoms with Crippen molar-refractivity contribution in [2.45, 2.75) is 17.4 Å². The number of halogens is 1. The van der Waals surface area contributed by atoms with Crippen LogP contribution >= 0.6 is 23.4 Å². The fourth-order valence-corrected chi connectivity index (χ4v) is 3.06. The van der Waals surface area contributed by atoms with Gasteiger partial charge in [0.25, 0.3) is 5.22 Å². The molecule has 0 bridgehead atoms. The molecular formula is C18H16ClN3O3S. The van der Waals surface area contributed by atoms with E-state index in [0.717, 1.165) is 5.56 Å². The maximum atomic E-state index is 12.4. The van der Waals surface area contributed by atoms with Crippen molar-refractivity contribution in [1.29, 1.82) is 0 Å². The molecule has 0 fully saturated rings. The molecular weight excluding hydrogens is 374 g/mol. The number of amides is 1. The minimum Gasteiger partial charge on any atom is -0.495 e. The third kappa shape index (κ3) is 4.36. The largest absolute Gasteiger partial charge is 0.495 e. The molecule has 3 rings (SSSR count). The van der Waals surface area contributed by atoms with E-state index in [1.165, 1.54) is 11.8 Å². The normalized spacial score (nSPS) is 11.8. The number of ether oxygens (including phenoxy) is 1. The first kappa shape index (κ1) is 18.3. The minimum absolute atomic E-state index is 0.193. The van der Waals surface area contributed by atoms with Gasteiger partial charge in [-0.05, 0) is 37.3 Å². The van der Waals surface area contributed by atoms with Gasteiger partial charge in [-0.15, -0.1) is 10.2 Å². The Morgan fingerprint density at radius 3 is 2.81 bits per heavy atom. The van der Waals surface area contributed by atoms with Crippen molar-refractivity contribution in [3.05, 3.63) is 53.6 Å². The lowest BCUT2D eigenvalue weighted by molar-refractivity contribution is -0.115. The number of methoxy groups -OCH3 is 1.